The van der Waals surface area contributed by atoms with Crippen LogP contribution in [0.2, 0.25) is 0 Å². The minimum Gasteiger partial charge on any atom is -0.451 e. The summed E-state index contributed by atoms with van der Waals surface area (Å²) in [5.74, 6) is -0.534. The van der Waals surface area contributed by atoms with Crippen LogP contribution < -0.4 is 5.73 Å². The molecule has 0 fully saturated rings. The molecule has 0 unspecified atom stereocenters. The van der Waals surface area contributed by atoms with Crippen LogP contribution in [-0.2, 0) is 10.3 Å². The van der Waals surface area contributed by atoms with Gasteiger partial charge in [0.15, 0.2) is 11.8 Å². The lowest BCUT2D eigenvalue weighted by molar-refractivity contribution is -0.0232. The van der Waals surface area contributed by atoms with Crippen molar-refractivity contribution in [2.75, 3.05) is 6.54 Å². The van der Waals surface area contributed by atoms with Crippen molar-refractivity contribution >= 4 is 22.0 Å². The molecule has 2 rings (SSSR count). The Bertz CT molecular complexity index is 481. The monoisotopic (exact) mass is 304 g/mol. The summed E-state index contributed by atoms with van der Waals surface area (Å²) in [5.41, 5.74) is 4.10. The van der Waals surface area contributed by atoms with Crippen LogP contribution in [0, 0.1) is 5.82 Å². The van der Waals surface area contributed by atoms with Gasteiger partial charge in [0.1, 0.15) is 5.82 Å². The number of rotatable bonds is 1. The minimum atomic E-state index is -1.45. The molecular formula is C11H11BrF2N2O. The van der Waals surface area contributed by atoms with Gasteiger partial charge in [0.05, 0.1) is 6.54 Å². The second-order valence-electron chi connectivity index (χ2n) is 3.98. The number of hydrogen-bond donors (Lipinski definition) is 1. The minimum absolute atomic E-state index is 0.122. The zero-order chi connectivity index (χ0) is 12.6. The van der Waals surface area contributed by atoms with E-state index in [1.54, 1.807) is 0 Å². The van der Waals surface area contributed by atoms with Gasteiger partial charge in [-0.3, -0.25) is 0 Å². The number of halogens is 3. The predicted octanol–water partition coefficient (Wildman–Crippen LogP) is 2.49. The van der Waals surface area contributed by atoms with Gasteiger partial charge in [-0.1, -0.05) is 15.9 Å². The van der Waals surface area contributed by atoms with Crippen molar-refractivity contribution in [1.29, 1.82) is 0 Å². The Morgan fingerprint density at radius 2 is 2.29 bits per heavy atom. The lowest BCUT2D eigenvalue weighted by Crippen LogP contribution is -2.46. The fourth-order valence-electron chi connectivity index (χ4n) is 1.76. The van der Waals surface area contributed by atoms with Crippen molar-refractivity contribution in [3.8, 4) is 0 Å². The van der Waals surface area contributed by atoms with Gasteiger partial charge < -0.3 is 10.5 Å². The van der Waals surface area contributed by atoms with Gasteiger partial charge in [0.2, 0.25) is 0 Å². The van der Waals surface area contributed by atoms with E-state index < -0.39 is 17.6 Å². The highest BCUT2D eigenvalue weighted by Gasteiger charge is 2.43. The van der Waals surface area contributed by atoms with Gasteiger partial charge in [-0.15, -0.1) is 0 Å². The third-order valence-electron chi connectivity index (χ3n) is 2.78. The van der Waals surface area contributed by atoms with Gasteiger partial charge in [-0.25, -0.2) is 13.8 Å². The van der Waals surface area contributed by atoms with E-state index in [2.05, 4.69) is 20.9 Å². The predicted molar refractivity (Wildman–Crippen MR) is 63.9 cm³/mol. The largest absolute Gasteiger partial charge is 0.451 e. The van der Waals surface area contributed by atoms with Crippen molar-refractivity contribution in [1.82, 2.24) is 0 Å². The molecule has 1 aromatic carbocycles. The summed E-state index contributed by atoms with van der Waals surface area (Å²) in [5, 5.41) is 0. The number of nitrogens with two attached hydrogens (primary N) is 1. The van der Waals surface area contributed by atoms with Crippen molar-refractivity contribution in [2.45, 2.75) is 18.7 Å². The molecule has 92 valence electrons. The summed E-state index contributed by atoms with van der Waals surface area (Å²) in [6, 6.07) is 4.15. The summed E-state index contributed by atoms with van der Waals surface area (Å²) >= 11 is 3.22. The highest BCUT2D eigenvalue weighted by Crippen LogP contribution is 2.36. The van der Waals surface area contributed by atoms with E-state index in [1.165, 1.54) is 25.1 Å². The average Bonchev–Trinajstić information content (AvgIpc) is 2.27. The third-order valence-corrected chi connectivity index (χ3v) is 3.28. The van der Waals surface area contributed by atoms with E-state index in [1.807, 2.05) is 0 Å². The van der Waals surface area contributed by atoms with Gasteiger partial charge in [0, 0.05) is 10.0 Å². The molecule has 3 nitrogen and oxygen atoms in total. The standard InChI is InChI=1S/C11H11BrF2N2O/c1-11(9(14)5-16-10(15)17-11)7-4-6(12)2-3-8(7)13/h2-4,9H,5H2,1H3,(H2,15,16)/t9-,11-/m1/s1. The summed E-state index contributed by atoms with van der Waals surface area (Å²) in [7, 11) is 0. The van der Waals surface area contributed by atoms with Gasteiger partial charge in [-0.05, 0) is 25.1 Å². The molecule has 0 aromatic heterocycles. The molecule has 2 N–H and O–H groups in total. The topological polar surface area (TPSA) is 47.6 Å². The first-order valence-electron chi connectivity index (χ1n) is 5.02. The van der Waals surface area contributed by atoms with Crippen LogP contribution in [0.4, 0.5) is 8.78 Å². The van der Waals surface area contributed by atoms with Crippen LogP contribution in [0.3, 0.4) is 0 Å². The molecule has 2 atom stereocenters. The number of nitrogens with zero attached hydrogens (tertiary/aromatic N) is 1. The Morgan fingerprint density at radius 3 is 3.00 bits per heavy atom. The van der Waals surface area contributed by atoms with Gasteiger partial charge in [0.25, 0.3) is 6.02 Å². The van der Waals surface area contributed by atoms with Crippen LogP contribution in [0.25, 0.3) is 0 Å². The SMILES string of the molecule is C[C@]1(c2cc(Br)ccc2F)OC(N)=NC[C@H]1F. The molecule has 17 heavy (non-hydrogen) atoms. The van der Waals surface area contributed by atoms with E-state index in [0.717, 1.165) is 0 Å². The maximum atomic E-state index is 13.9. The smallest absolute Gasteiger partial charge is 0.283 e. The Hall–Kier alpha value is -1.17. The van der Waals surface area contributed by atoms with Crippen LogP contribution in [0.5, 0.6) is 0 Å². The summed E-state index contributed by atoms with van der Waals surface area (Å²) in [4.78, 5) is 3.65. The fraction of sp³-hybridized carbons (Fsp3) is 0.364. The normalized spacial score (nSPS) is 28.5. The van der Waals surface area contributed by atoms with Crippen molar-refractivity contribution in [3.63, 3.8) is 0 Å². The molecule has 0 spiro atoms. The quantitative estimate of drug-likeness (QED) is 0.866. The van der Waals surface area contributed by atoms with E-state index >= 15 is 0 Å². The number of ether oxygens (including phenoxy) is 1. The number of alkyl halides is 1. The zero-order valence-corrected chi connectivity index (χ0v) is 10.7. The van der Waals surface area contributed by atoms with E-state index in [4.69, 9.17) is 10.5 Å². The highest BCUT2D eigenvalue weighted by molar-refractivity contribution is 9.10. The zero-order valence-electron chi connectivity index (χ0n) is 9.08. The number of aliphatic imine (C=N–C) groups is 1. The van der Waals surface area contributed by atoms with Crippen molar-refractivity contribution in [3.05, 3.63) is 34.1 Å². The van der Waals surface area contributed by atoms with E-state index in [0.29, 0.717) is 4.47 Å². The molecule has 0 bridgehead atoms. The summed E-state index contributed by atoms with van der Waals surface area (Å²) in [6.45, 7) is 1.33. The van der Waals surface area contributed by atoms with Crippen LogP contribution >= 0.6 is 15.9 Å². The molecule has 0 saturated carbocycles. The van der Waals surface area contributed by atoms with Crippen LogP contribution in [0.15, 0.2) is 27.7 Å². The number of benzene rings is 1. The highest BCUT2D eigenvalue weighted by atomic mass is 79.9. The molecule has 6 heteroatoms. The molecule has 0 radical (unpaired) electrons. The Morgan fingerprint density at radius 1 is 1.59 bits per heavy atom. The maximum Gasteiger partial charge on any atom is 0.283 e. The van der Waals surface area contributed by atoms with E-state index in [-0.39, 0.29) is 18.1 Å². The second-order valence-corrected chi connectivity index (χ2v) is 4.90. The molecule has 0 saturated heterocycles. The lowest BCUT2D eigenvalue weighted by atomic mass is 9.89. The Balaban J connectivity index is 2.50. The molecule has 1 heterocycles. The van der Waals surface area contributed by atoms with Crippen LogP contribution in [0.1, 0.15) is 12.5 Å². The molecule has 1 aromatic rings. The maximum absolute atomic E-state index is 13.9. The first-order chi connectivity index (χ1) is 7.93. The molecule has 0 amide bonds. The van der Waals surface area contributed by atoms with Crippen LogP contribution in [-0.4, -0.2) is 18.7 Å². The summed E-state index contributed by atoms with van der Waals surface area (Å²) < 4.78 is 33.5. The molecule has 1 aliphatic heterocycles. The van der Waals surface area contributed by atoms with E-state index in [9.17, 15) is 8.78 Å². The molecular weight excluding hydrogens is 294 g/mol. The average molecular weight is 305 g/mol. The number of amidine groups is 1. The second kappa shape index (κ2) is 4.25. The third kappa shape index (κ3) is 2.13. The Labute approximate surface area is 106 Å². The van der Waals surface area contributed by atoms with Crippen molar-refractivity contribution in [2.24, 2.45) is 10.7 Å². The number of hydrogen-bond acceptors (Lipinski definition) is 3. The molecule has 1 aliphatic rings. The first kappa shape index (κ1) is 12.3. The van der Waals surface area contributed by atoms with Crippen molar-refractivity contribution < 1.29 is 13.5 Å². The lowest BCUT2D eigenvalue weighted by Gasteiger charge is -2.36. The fourth-order valence-corrected chi connectivity index (χ4v) is 2.12. The summed E-state index contributed by atoms with van der Waals surface area (Å²) in [6.07, 6.45) is -1.45. The Kier molecular flexibility index (Phi) is 3.07. The molecule has 0 aliphatic carbocycles. The van der Waals surface area contributed by atoms with Gasteiger partial charge in [-0.2, -0.15) is 0 Å². The van der Waals surface area contributed by atoms with Gasteiger partial charge >= 0.3 is 0 Å². The first-order valence-corrected chi connectivity index (χ1v) is 5.81.